The Hall–Kier alpha value is -1.64. The van der Waals surface area contributed by atoms with Crippen molar-refractivity contribution in [1.82, 2.24) is 15.2 Å². The molecule has 1 aliphatic carbocycles. The second-order valence-corrected chi connectivity index (χ2v) is 4.10. The van der Waals surface area contributed by atoms with Crippen LogP contribution in [0.5, 0.6) is 0 Å². The van der Waals surface area contributed by atoms with Gasteiger partial charge in [-0.1, -0.05) is 6.07 Å². The van der Waals surface area contributed by atoms with E-state index < -0.39 is 0 Å². The molecule has 0 amide bonds. The second-order valence-electron chi connectivity index (χ2n) is 4.10. The lowest BCUT2D eigenvalue weighted by Gasteiger charge is -2.21. The lowest BCUT2D eigenvalue weighted by molar-refractivity contribution is 0.577. The zero-order valence-corrected chi connectivity index (χ0v) is 8.48. The summed E-state index contributed by atoms with van der Waals surface area (Å²) in [5.74, 6) is 0.615. The van der Waals surface area contributed by atoms with E-state index in [2.05, 4.69) is 21.2 Å². The number of hydrogen-bond donors (Lipinski definition) is 1. The summed E-state index contributed by atoms with van der Waals surface area (Å²) >= 11 is 0. The van der Waals surface area contributed by atoms with Gasteiger partial charge < -0.3 is 0 Å². The molecule has 1 N–H and O–H groups in total. The van der Waals surface area contributed by atoms with Crippen LogP contribution in [0, 0.1) is 0 Å². The van der Waals surface area contributed by atoms with Gasteiger partial charge in [-0.3, -0.25) is 10.1 Å². The number of nitrogens with zero attached hydrogens (tertiary/aromatic N) is 2. The minimum Gasteiger partial charge on any atom is -0.282 e. The molecular formula is C12H13N3. The third-order valence-electron chi connectivity index (χ3n) is 3.17. The van der Waals surface area contributed by atoms with Crippen LogP contribution in [0.25, 0.3) is 0 Å². The molecule has 1 unspecified atom stereocenters. The lowest BCUT2D eigenvalue weighted by atomic mass is 9.84. The quantitative estimate of drug-likeness (QED) is 0.764. The molecule has 0 saturated carbocycles. The number of nitrogens with one attached hydrogen (secondary N) is 1. The number of rotatable bonds is 1. The van der Waals surface area contributed by atoms with E-state index in [1.54, 1.807) is 0 Å². The molecule has 3 rings (SSSR count). The van der Waals surface area contributed by atoms with Gasteiger partial charge in [0.2, 0.25) is 0 Å². The van der Waals surface area contributed by atoms with Crippen LogP contribution < -0.4 is 0 Å². The Bertz CT molecular complexity index is 447. The Morgan fingerprint density at radius 2 is 2.33 bits per heavy atom. The number of hydrogen-bond acceptors (Lipinski definition) is 2. The summed E-state index contributed by atoms with van der Waals surface area (Å²) in [6.45, 7) is 0. The zero-order valence-electron chi connectivity index (χ0n) is 8.48. The molecule has 15 heavy (non-hydrogen) atoms. The fourth-order valence-corrected chi connectivity index (χ4v) is 2.32. The van der Waals surface area contributed by atoms with Gasteiger partial charge in [0.25, 0.3) is 0 Å². The van der Waals surface area contributed by atoms with Crippen molar-refractivity contribution in [3.63, 3.8) is 0 Å². The van der Waals surface area contributed by atoms with Gasteiger partial charge in [0.05, 0.1) is 6.20 Å². The first-order chi connectivity index (χ1) is 7.43. The van der Waals surface area contributed by atoms with Gasteiger partial charge >= 0.3 is 0 Å². The Morgan fingerprint density at radius 3 is 3.20 bits per heavy atom. The van der Waals surface area contributed by atoms with Crippen molar-refractivity contribution in [1.29, 1.82) is 0 Å². The first-order valence-electron chi connectivity index (χ1n) is 5.34. The Labute approximate surface area is 88.6 Å². The highest BCUT2D eigenvalue weighted by Gasteiger charge is 2.21. The number of aryl methyl sites for hydroxylation is 1. The largest absolute Gasteiger partial charge is 0.282 e. The molecule has 2 aromatic heterocycles. The summed E-state index contributed by atoms with van der Waals surface area (Å²) in [6, 6.07) is 4.18. The van der Waals surface area contributed by atoms with Crippen LogP contribution in [-0.2, 0) is 12.8 Å². The highest BCUT2D eigenvalue weighted by atomic mass is 15.1. The number of aromatic nitrogens is 3. The molecule has 0 saturated heterocycles. The van der Waals surface area contributed by atoms with Crippen molar-refractivity contribution >= 4 is 0 Å². The average Bonchev–Trinajstić information content (AvgIpc) is 2.77. The molecule has 0 fully saturated rings. The average molecular weight is 199 g/mol. The second kappa shape index (κ2) is 3.50. The summed E-state index contributed by atoms with van der Waals surface area (Å²) < 4.78 is 0. The van der Waals surface area contributed by atoms with Crippen molar-refractivity contribution in [2.24, 2.45) is 0 Å². The van der Waals surface area contributed by atoms with Gasteiger partial charge in [-0.05, 0) is 42.4 Å². The van der Waals surface area contributed by atoms with Crippen molar-refractivity contribution < 1.29 is 0 Å². The van der Waals surface area contributed by atoms with E-state index in [9.17, 15) is 0 Å². The molecule has 2 aromatic rings. The first kappa shape index (κ1) is 8.65. The van der Waals surface area contributed by atoms with Crippen LogP contribution in [0.15, 0.2) is 30.7 Å². The molecule has 1 aliphatic rings. The van der Waals surface area contributed by atoms with Crippen LogP contribution in [-0.4, -0.2) is 15.2 Å². The van der Waals surface area contributed by atoms with Gasteiger partial charge in [0.1, 0.15) is 0 Å². The van der Waals surface area contributed by atoms with Crippen molar-refractivity contribution in [2.45, 2.75) is 25.2 Å². The van der Waals surface area contributed by atoms with Crippen LogP contribution in [0.1, 0.15) is 29.2 Å². The van der Waals surface area contributed by atoms with Crippen LogP contribution >= 0.6 is 0 Å². The van der Waals surface area contributed by atoms with E-state index in [-0.39, 0.29) is 0 Å². The lowest BCUT2D eigenvalue weighted by Crippen LogP contribution is -2.11. The van der Waals surface area contributed by atoms with E-state index in [4.69, 9.17) is 0 Å². The van der Waals surface area contributed by atoms with E-state index in [0.29, 0.717) is 5.92 Å². The van der Waals surface area contributed by atoms with Crippen LogP contribution in [0.3, 0.4) is 0 Å². The molecule has 3 nitrogen and oxygen atoms in total. The number of aromatic amines is 1. The molecule has 2 heterocycles. The van der Waals surface area contributed by atoms with Crippen LogP contribution in [0.4, 0.5) is 0 Å². The number of H-pyrrole nitrogens is 1. The molecule has 0 aliphatic heterocycles. The van der Waals surface area contributed by atoms with Gasteiger partial charge in [0, 0.05) is 18.1 Å². The molecule has 76 valence electrons. The Kier molecular flexibility index (Phi) is 2.02. The molecule has 3 heteroatoms. The molecule has 0 radical (unpaired) electrons. The SMILES string of the molecule is c1cncc(C2CCc3[nH]ncc3C2)c1. The van der Waals surface area contributed by atoms with E-state index in [0.717, 1.165) is 12.8 Å². The van der Waals surface area contributed by atoms with Crippen LogP contribution in [0.2, 0.25) is 0 Å². The minimum atomic E-state index is 0.615. The third-order valence-corrected chi connectivity index (χ3v) is 3.17. The smallest absolute Gasteiger partial charge is 0.0522 e. The fraction of sp³-hybridized carbons (Fsp3) is 0.333. The van der Waals surface area contributed by atoms with Gasteiger partial charge in [-0.2, -0.15) is 5.10 Å². The predicted molar refractivity (Wildman–Crippen MR) is 57.6 cm³/mol. The summed E-state index contributed by atoms with van der Waals surface area (Å²) in [7, 11) is 0. The van der Waals surface area contributed by atoms with Crippen molar-refractivity contribution in [3.8, 4) is 0 Å². The highest BCUT2D eigenvalue weighted by Crippen LogP contribution is 2.30. The molecule has 0 spiro atoms. The Morgan fingerprint density at radius 1 is 1.33 bits per heavy atom. The van der Waals surface area contributed by atoms with Crippen molar-refractivity contribution in [3.05, 3.63) is 47.5 Å². The third kappa shape index (κ3) is 1.54. The fourth-order valence-electron chi connectivity index (χ4n) is 2.32. The van der Waals surface area contributed by atoms with E-state index in [1.165, 1.54) is 23.2 Å². The molecular weight excluding hydrogens is 186 g/mol. The summed E-state index contributed by atoms with van der Waals surface area (Å²) in [4.78, 5) is 4.18. The number of pyridine rings is 1. The Balaban J connectivity index is 1.88. The van der Waals surface area contributed by atoms with E-state index >= 15 is 0 Å². The van der Waals surface area contributed by atoms with Gasteiger partial charge in [-0.25, -0.2) is 0 Å². The molecule has 1 atom stereocenters. The molecule has 0 bridgehead atoms. The maximum atomic E-state index is 4.18. The van der Waals surface area contributed by atoms with E-state index in [1.807, 2.05) is 24.7 Å². The van der Waals surface area contributed by atoms with Crippen molar-refractivity contribution in [2.75, 3.05) is 0 Å². The summed E-state index contributed by atoms with van der Waals surface area (Å²) in [5, 5.41) is 7.16. The number of fused-ring (bicyclic) bond motifs is 1. The zero-order chi connectivity index (χ0) is 10.1. The maximum absolute atomic E-state index is 4.18. The monoisotopic (exact) mass is 199 g/mol. The first-order valence-corrected chi connectivity index (χ1v) is 5.34. The summed E-state index contributed by atoms with van der Waals surface area (Å²) in [5.41, 5.74) is 4.04. The van der Waals surface area contributed by atoms with Gasteiger partial charge in [0.15, 0.2) is 0 Å². The van der Waals surface area contributed by atoms with Gasteiger partial charge in [-0.15, -0.1) is 0 Å². The standard InChI is InChI=1S/C12H13N3/c1-2-10(7-13-5-1)9-3-4-12-11(6-9)8-14-15-12/h1-2,5,7-9H,3-4,6H2,(H,14,15). The summed E-state index contributed by atoms with van der Waals surface area (Å²) in [6.07, 6.45) is 9.16. The maximum Gasteiger partial charge on any atom is 0.0522 e. The topological polar surface area (TPSA) is 41.6 Å². The predicted octanol–water partition coefficient (Wildman–Crippen LogP) is 2.08. The normalized spacial score (nSPS) is 19.9. The minimum absolute atomic E-state index is 0.615. The highest BCUT2D eigenvalue weighted by molar-refractivity contribution is 5.26. The molecule has 0 aromatic carbocycles.